The molecule has 3 aromatic carbocycles. The number of aryl methyl sites for hydroxylation is 1. The summed E-state index contributed by atoms with van der Waals surface area (Å²) >= 11 is 3.59. The maximum absolute atomic E-state index is 13.5. The third-order valence-electron chi connectivity index (χ3n) is 13.2. The number of aromatic nitrogens is 4. The Morgan fingerprint density at radius 1 is 0.940 bits per heavy atom. The molecule has 67 heavy (non-hydrogen) atoms. The van der Waals surface area contributed by atoms with E-state index in [0.29, 0.717) is 68.6 Å². The van der Waals surface area contributed by atoms with Gasteiger partial charge < -0.3 is 34.6 Å². The molecule has 2 aromatic heterocycles. The number of rotatable bonds is 12. The Bertz CT molecular complexity index is 2850. The molecule has 5 aromatic rings. The van der Waals surface area contributed by atoms with Crippen LogP contribution >= 0.6 is 23.1 Å². The van der Waals surface area contributed by atoms with E-state index in [-0.39, 0.29) is 18.2 Å². The Morgan fingerprint density at radius 2 is 1.73 bits per heavy atom. The summed E-state index contributed by atoms with van der Waals surface area (Å²) in [6.45, 7) is 13.0. The summed E-state index contributed by atoms with van der Waals surface area (Å²) in [5.74, 6) is 7.35. The smallest absolute Gasteiger partial charge is 0.255 e. The Kier molecular flexibility index (Phi) is 13.6. The second-order valence-corrected chi connectivity index (χ2v) is 22.0. The van der Waals surface area contributed by atoms with E-state index in [1.165, 1.54) is 0 Å². The monoisotopic (exact) mass is 987 g/mol. The van der Waals surface area contributed by atoms with Crippen LogP contribution in [0.4, 0.5) is 28.8 Å². The quantitative estimate of drug-likeness (QED) is 0.0541. The van der Waals surface area contributed by atoms with Gasteiger partial charge in [-0.05, 0) is 110 Å². The highest BCUT2D eigenvalue weighted by molar-refractivity contribution is 9.10. The number of carbonyl (C=O) groups excluding carboxylic acids is 3. The predicted octanol–water partition coefficient (Wildman–Crippen LogP) is 6.41. The van der Waals surface area contributed by atoms with Crippen LogP contribution in [0.5, 0.6) is 5.75 Å². The van der Waals surface area contributed by atoms with Crippen LogP contribution in [0.15, 0.2) is 65.5 Å². The van der Waals surface area contributed by atoms with Crippen molar-refractivity contribution in [2.75, 3.05) is 81.8 Å². The van der Waals surface area contributed by atoms with Gasteiger partial charge in [0.15, 0.2) is 0 Å². The number of nitrogens with zero attached hydrogens (tertiary/aromatic N) is 8. The summed E-state index contributed by atoms with van der Waals surface area (Å²) in [7, 11) is -1.10. The summed E-state index contributed by atoms with van der Waals surface area (Å²) < 4.78 is 20.1. The summed E-state index contributed by atoms with van der Waals surface area (Å²) in [6.07, 6.45) is 9.41. The molecule has 0 bridgehead atoms. The number of ether oxygens (including phenoxy) is 1. The van der Waals surface area contributed by atoms with E-state index in [1.54, 1.807) is 50.0 Å². The molecular formula is C49H55BrN11O5P. The zero-order valence-electron chi connectivity index (χ0n) is 38.3. The van der Waals surface area contributed by atoms with Crippen LogP contribution in [0.1, 0.15) is 65.6 Å². The van der Waals surface area contributed by atoms with E-state index >= 15 is 0 Å². The van der Waals surface area contributed by atoms with E-state index in [9.17, 15) is 18.9 Å². The van der Waals surface area contributed by atoms with Gasteiger partial charge in [0.1, 0.15) is 30.3 Å². The lowest BCUT2D eigenvalue weighted by Gasteiger charge is -2.43. The molecule has 0 saturated carbocycles. The topological polar surface area (TPSA) is 178 Å². The molecule has 6 heterocycles. The molecule has 3 fully saturated rings. The van der Waals surface area contributed by atoms with Crippen LogP contribution in [-0.2, 0) is 20.7 Å². The number of halogens is 1. The molecule has 4 aliphatic heterocycles. The summed E-state index contributed by atoms with van der Waals surface area (Å²) in [5.41, 5.74) is 7.23. The number of anilines is 5. The van der Waals surface area contributed by atoms with Crippen molar-refractivity contribution < 1.29 is 23.7 Å². The highest BCUT2D eigenvalue weighted by Gasteiger charge is 2.40. The van der Waals surface area contributed by atoms with Crippen molar-refractivity contribution in [1.29, 1.82) is 0 Å². The number of imide groups is 1. The van der Waals surface area contributed by atoms with Gasteiger partial charge in [-0.15, -0.1) is 0 Å². The second kappa shape index (κ2) is 19.7. The molecule has 1 atom stereocenters. The van der Waals surface area contributed by atoms with E-state index in [4.69, 9.17) is 9.72 Å². The van der Waals surface area contributed by atoms with E-state index in [1.807, 2.05) is 24.3 Å². The fourth-order valence-corrected chi connectivity index (χ4v) is 11.5. The molecule has 1 unspecified atom stereocenters. The first-order valence-corrected chi connectivity index (χ1v) is 26.3. The van der Waals surface area contributed by atoms with E-state index < -0.39 is 19.1 Å². The maximum atomic E-state index is 13.5. The first-order valence-electron chi connectivity index (χ1n) is 22.9. The lowest BCUT2D eigenvalue weighted by Crippen LogP contribution is -2.53. The van der Waals surface area contributed by atoms with Crippen molar-refractivity contribution in [1.82, 2.24) is 40.0 Å². The molecule has 3 N–H and O–H groups in total. The third kappa shape index (κ3) is 10.0. The minimum Gasteiger partial charge on any atom is -0.494 e. The van der Waals surface area contributed by atoms with Crippen LogP contribution in [-0.4, -0.2) is 131 Å². The SMILES string of the molecule is COc1cc(N2CCC(N3CCN(CCCC#Cc4cccc5c4CN(C4CCC(=O)NC4=O)C5=O)CC3)CC2)c(C)cc1Nc1ncc(Br)c(Nc2ccc3nccnc3c2P(C)(C)=O)n1. The molecule has 4 aliphatic rings. The first-order chi connectivity index (χ1) is 32.3. The summed E-state index contributed by atoms with van der Waals surface area (Å²) in [5, 5.41) is 9.73. The van der Waals surface area contributed by atoms with Gasteiger partial charge in [-0.1, -0.05) is 17.9 Å². The number of benzene rings is 3. The lowest BCUT2D eigenvalue weighted by molar-refractivity contribution is -0.136. The van der Waals surface area contributed by atoms with Gasteiger partial charge in [-0.25, -0.2) is 4.98 Å². The van der Waals surface area contributed by atoms with Gasteiger partial charge in [0, 0.05) is 106 Å². The Labute approximate surface area is 399 Å². The van der Waals surface area contributed by atoms with Gasteiger partial charge in [0.25, 0.3) is 5.91 Å². The molecule has 3 saturated heterocycles. The van der Waals surface area contributed by atoms with Gasteiger partial charge in [-0.3, -0.25) is 34.6 Å². The van der Waals surface area contributed by atoms with Crippen molar-refractivity contribution in [3.05, 3.63) is 87.8 Å². The zero-order chi connectivity index (χ0) is 46.8. The normalized spacial score (nSPS) is 18.4. The number of amides is 3. The molecule has 0 spiro atoms. The lowest BCUT2D eigenvalue weighted by atomic mass is 10.0. The number of piperidine rings is 2. The standard InChI is InChI=1S/C49H55BrN11O5P/c1-31-27-39(55-49-53-29-36(50)46(57-49)54-38-13-12-37-44(52-19-18-51-37)45(38)67(3,4)65)42(66-2)28-41(31)60-21-16-33(17-22-60)59-25-23-58(24-26-59)20-7-5-6-9-32-10-8-11-34-35(32)30-61(48(34)64)40-14-15-43(62)56-47(40)63/h8,10-13,18-19,27-29,33,40H,5,7,14-17,20-26,30H2,1-4H3,(H,56,62,63)(H2,53,54,55,57). The van der Waals surface area contributed by atoms with Crippen LogP contribution < -0.4 is 30.9 Å². The van der Waals surface area contributed by atoms with Crippen LogP contribution in [0, 0.1) is 18.8 Å². The van der Waals surface area contributed by atoms with Crippen molar-refractivity contribution in [3.8, 4) is 17.6 Å². The summed E-state index contributed by atoms with van der Waals surface area (Å²) in [6, 6.07) is 13.4. The van der Waals surface area contributed by atoms with Crippen molar-refractivity contribution in [3.63, 3.8) is 0 Å². The van der Waals surface area contributed by atoms with Gasteiger partial charge in [0.2, 0.25) is 17.8 Å². The molecule has 9 rings (SSSR count). The molecule has 0 aliphatic carbocycles. The second-order valence-electron chi connectivity index (χ2n) is 17.9. The average molecular weight is 989 g/mol. The first kappa shape index (κ1) is 46.2. The van der Waals surface area contributed by atoms with Gasteiger partial charge >= 0.3 is 0 Å². The Morgan fingerprint density at radius 3 is 2.49 bits per heavy atom. The Balaban J connectivity index is 0.751. The number of carbonyl (C=O) groups is 3. The fourth-order valence-electron chi connectivity index (χ4n) is 9.79. The number of unbranched alkanes of at least 4 members (excludes halogenated alkanes) is 1. The number of fused-ring (bicyclic) bond motifs is 2. The predicted molar refractivity (Wildman–Crippen MR) is 265 cm³/mol. The van der Waals surface area contributed by atoms with Gasteiger partial charge in [-0.2, -0.15) is 4.98 Å². The van der Waals surface area contributed by atoms with E-state index in [2.05, 4.69) is 92.4 Å². The number of piperazine rings is 1. The molecule has 18 heteroatoms. The highest BCUT2D eigenvalue weighted by Crippen LogP contribution is 2.42. The fraction of sp³-hybridized carbons (Fsp3) is 0.408. The molecular weight excluding hydrogens is 933 g/mol. The zero-order valence-corrected chi connectivity index (χ0v) is 40.8. The van der Waals surface area contributed by atoms with Crippen LogP contribution in [0.25, 0.3) is 11.0 Å². The number of nitrogens with one attached hydrogen (secondary N) is 3. The maximum Gasteiger partial charge on any atom is 0.255 e. The average Bonchev–Trinajstić information content (AvgIpc) is 3.65. The molecule has 348 valence electrons. The Hall–Kier alpha value is -5.92. The van der Waals surface area contributed by atoms with Crippen molar-refractivity contribution >= 4 is 86.0 Å². The van der Waals surface area contributed by atoms with Crippen LogP contribution in [0.2, 0.25) is 0 Å². The number of hydrogen-bond donors (Lipinski definition) is 3. The van der Waals surface area contributed by atoms with Crippen LogP contribution in [0.3, 0.4) is 0 Å². The minimum atomic E-state index is -2.77. The summed E-state index contributed by atoms with van der Waals surface area (Å²) in [4.78, 5) is 64.8. The highest BCUT2D eigenvalue weighted by atomic mass is 79.9. The number of hydrogen-bond acceptors (Lipinski definition) is 14. The molecule has 16 nitrogen and oxygen atoms in total. The third-order valence-corrected chi connectivity index (χ3v) is 15.3. The molecule has 3 amide bonds. The van der Waals surface area contributed by atoms with Gasteiger partial charge in [0.05, 0.1) is 33.8 Å². The van der Waals surface area contributed by atoms with Crippen molar-refractivity contribution in [2.45, 2.75) is 64.1 Å². The minimum absolute atomic E-state index is 0.176. The van der Waals surface area contributed by atoms with E-state index in [0.717, 1.165) is 99.6 Å². The molecule has 0 radical (unpaired) electrons. The number of methoxy groups -OCH3 is 1. The largest absolute Gasteiger partial charge is 0.494 e. The van der Waals surface area contributed by atoms with Crippen molar-refractivity contribution in [2.24, 2.45) is 0 Å².